The molecule has 6 nitrogen and oxygen atoms in total. The summed E-state index contributed by atoms with van der Waals surface area (Å²) in [6, 6.07) is 9.90. The van der Waals surface area contributed by atoms with Gasteiger partial charge < -0.3 is 11.1 Å². The second kappa shape index (κ2) is 5.24. The number of hydrogen-bond donors (Lipinski definition) is 3. The van der Waals surface area contributed by atoms with Crippen molar-refractivity contribution in [1.82, 2.24) is 20.2 Å². The number of aromatic amines is 1. The van der Waals surface area contributed by atoms with Crippen LogP contribution in [0.25, 0.3) is 11.4 Å². The molecule has 3 rings (SSSR count). The van der Waals surface area contributed by atoms with E-state index in [1.54, 1.807) is 6.20 Å². The van der Waals surface area contributed by atoms with E-state index in [0.717, 1.165) is 11.4 Å². The Bertz CT molecular complexity index is 777. The van der Waals surface area contributed by atoms with Crippen LogP contribution in [0.1, 0.15) is 11.3 Å². The maximum Gasteiger partial charge on any atom is 0.154 e. The molecule has 0 aliphatic heterocycles. The number of nitrogens with zero attached hydrogens (tertiary/aromatic N) is 3. The Kier molecular flexibility index (Phi) is 3.27. The number of aryl methyl sites for hydroxylation is 2. The van der Waals surface area contributed by atoms with Crippen molar-refractivity contribution in [2.75, 3.05) is 11.1 Å². The second-order valence-corrected chi connectivity index (χ2v) is 4.92. The molecule has 0 saturated heterocycles. The summed E-state index contributed by atoms with van der Waals surface area (Å²) >= 11 is 0. The number of benzene rings is 1. The molecule has 0 aliphatic carbocycles. The van der Waals surface area contributed by atoms with E-state index in [-0.39, 0.29) is 0 Å². The number of hydrogen-bond acceptors (Lipinski definition) is 5. The van der Waals surface area contributed by atoms with Crippen LogP contribution in [0.5, 0.6) is 0 Å². The lowest BCUT2D eigenvalue weighted by molar-refractivity contribution is 1.04. The monoisotopic (exact) mass is 280 g/mol. The van der Waals surface area contributed by atoms with Crippen LogP contribution in [0.15, 0.2) is 36.5 Å². The van der Waals surface area contributed by atoms with Gasteiger partial charge in [-0.1, -0.05) is 12.1 Å². The lowest BCUT2D eigenvalue weighted by atomic mass is 10.2. The first-order valence-electron chi connectivity index (χ1n) is 6.60. The van der Waals surface area contributed by atoms with Crippen molar-refractivity contribution in [3.63, 3.8) is 0 Å². The largest absolute Gasteiger partial charge is 0.382 e. The summed E-state index contributed by atoms with van der Waals surface area (Å²) in [6.07, 6.45) is 1.65. The molecule has 0 spiro atoms. The third-order valence-electron chi connectivity index (χ3n) is 3.04. The first-order valence-corrected chi connectivity index (χ1v) is 6.60. The van der Waals surface area contributed by atoms with Gasteiger partial charge in [-0.25, -0.2) is 9.97 Å². The number of nitrogens with two attached hydrogens (primary N) is 1. The van der Waals surface area contributed by atoms with Crippen molar-refractivity contribution in [1.29, 1.82) is 0 Å². The zero-order chi connectivity index (χ0) is 14.8. The van der Waals surface area contributed by atoms with E-state index < -0.39 is 0 Å². The Labute approximate surface area is 122 Å². The van der Waals surface area contributed by atoms with Crippen molar-refractivity contribution >= 4 is 17.3 Å². The molecule has 1 aromatic carbocycles. The van der Waals surface area contributed by atoms with Crippen LogP contribution >= 0.6 is 0 Å². The minimum Gasteiger partial charge on any atom is -0.382 e. The zero-order valence-electron chi connectivity index (χ0n) is 11.9. The fourth-order valence-corrected chi connectivity index (χ4v) is 2.07. The minimum atomic E-state index is 0.346. The quantitative estimate of drug-likeness (QED) is 0.686. The molecule has 21 heavy (non-hydrogen) atoms. The maximum atomic E-state index is 5.98. The van der Waals surface area contributed by atoms with Crippen molar-refractivity contribution in [2.24, 2.45) is 0 Å². The molecule has 3 aromatic rings. The van der Waals surface area contributed by atoms with E-state index in [1.165, 1.54) is 5.56 Å². The molecule has 4 N–H and O–H groups in total. The summed E-state index contributed by atoms with van der Waals surface area (Å²) in [5.41, 5.74) is 10.3. The molecule has 0 atom stereocenters. The van der Waals surface area contributed by atoms with Gasteiger partial charge in [0.2, 0.25) is 0 Å². The van der Waals surface area contributed by atoms with E-state index in [0.29, 0.717) is 23.0 Å². The van der Waals surface area contributed by atoms with Crippen molar-refractivity contribution < 1.29 is 0 Å². The number of nitrogen functional groups attached to an aromatic ring is 1. The van der Waals surface area contributed by atoms with E-state index in [9.17, 15) is 0 Å². The average Bonchev–Trinajstić information content (AvgIpc) is 2.85. The van der Waals surface area contributed by atoms with Gasteiger partial charge in [-0.05, 0) is 37.6 Å². The van der Waals surface area contributed by atoms with Crippen LogP contribution < -0.4 is 11.1 Å². The fraction of sp³-hybridized carbons (Fsp3) is 0.133. The first kappa shape index (κ1) is 13.1. The van der Waals surface area contributed by atoms with E-state index in [1.807, 2.05) is 44.2 Å². The third kappa shape index (κ3) is 2.84. The van der Waals surface area contributed by atoms with E-state index >= 15 is 0 Å². The predicted octanol–water partition coefficient (Wildman–Crippen LogP) is 2.81. The molecular formula is C15H16N6. The Balaban J connectivity index is 1.87. The van der Waals surface area contributed by atoms with E-state index in [2.05, 4.69) is 25.5 Å². The summed E-state index contributed by atoms with van der Waals surface area (Å²) in [7, 11) is 0. The Morgan fingerprint density at radius 3 is 2.71 bits per heavy atom. The molecule has 2 heterocycles. The van der Waals surface area contributed by atoms with Gasteiger partial charge in [0.25, 0.3) is 0 Å². The second-order valence-electron chi connectivity index (χ2n) is 4.92. The molecular weight excluding hydrogens is 264 g/mol. The molecule has 2 aromatic heterocycles. The Morgan fingerprint density at radius 1 is 1.19 bits per heavy atom. The molecule has 106 valence electrons. The first-order chi connectivity index (χ1) is 10.1. The van der Waals surface area contributed by atoms with Crippen LogP contribution in [-0.2, 0) is 0 Å². The zero-order valence-corrected chi connectivity index (χ0v) is 11.9. The highest BCUT2D eigenvalue weighted by molar-refractivity contribution is 5.69. The van der Waals surface area contributed by atoms with Crippen molar-refractivity contribution in [3.8, 4) is 11.4 Å². The molecule has 0 saturated carbocycles. The lowest BCUT2D eigenvalue weighted by Gasteiger charge is -2.08. The normalized spacial score (nSPS) is 10.6. The molecule has 0 radical (unpaired) electrons. The van der Waals surface area contributed by atoms with Crippen molar-refractivity contribution in [3.05, 3.63) is 47.8 Å². The Hall–Kier alpha value is -2.89. The van der Waals surface area contributed by atoms with Crippen LogP contribution in [0.3, 0.4) is 0 Å². The average molecular weight is 280 g/mol. The number of rotatable bonds is 3. The summed E-state index contributed by atoms with van der Waals surface area (Å²) in [6.45, 7) is 3.96. The maximum absolute atomic E-state index is 5.98. The van der Waals surface area contributed by atoms with Gasteiger partial charge in [0.05, 0.1) is 6.20 Å². The topological polar surface area (TPSA) is 92.5 Å². The molecule has 0 unspecified atom stereocenters. The van der Waals surface area contributed by atoms with Gasteiger partial charge in [-0.3, -0.25) is 5.10 Å². The lowest BCUT2D eigenvalue weighted by Crippen LogP contribution is -2.02. The molecule has 0 bridgehead atoms. The summed E-state index contributed by atoms with van der Waals surface area (Å²) in [5, 5.41) is 10.2. The van der Waals surface area contributed by atoms with Crippen LogP contribution in [0, 0.1) is 13.8 Å². The predicted molar refractivity (Wildman–Crippen MR) is 83.2 cm³/mol. The van der Waals surface area contributed by atoms with Crippen LogP contribution in [0.2, 0.25) is 0 Å². The molecule has 0 aliphatic rings. The highest BCUT2D eigenvalue weighted by Crippen LogP contribution is 2.23. The standard InChI is InChI=1S/C15H16N6/c1-9-4-3-5-11(6-9)18-13-8-17-14(15(16)19-13)12-7-10(2)20-21-12/h3-8H,1-2H3,(H,20,21)(H3,16,18,19). The summed E-state index contributed by atoms with van der Waals surface area (Å²) in [4.78, 5) is 8.68. The minimum absolute atomic E-state index is 0.346. The van der Waals surface area contributed by atoms with Crippen LogP contribution in [-0.4, -0.2) is 20.2 Å². The molecule has 6 heteroatoms. The van der Waals surface area contributed by atoms with Gasteiger partial charge in [0, 0.05) is 11.4 Å². The summed E-state index contributed by atoms with van der Waals surface area (Å²) in [5.74, 6) is 0.952. The van der Waals surface area contributed by atoms with Crippen molar-refractivity contribution in [2.45, 2.75) is 13.8 Å². The number of nitrogens with one attached hydrogen (secondary N) is 2. The number of H-pyrrole nitrogens is 1. The van der Waals surface area contributed by atoms with Gasteiger partial charge in [0.1, 0.15) is 11.4 Å². The molecule has 0 fully saturated rings. The van der Waals surface area contributed by atoms with Gasteiger partial charge in [-0.15, -0.1) is 0 Å². The number of aromatic nitrogens is 4. The van der Waals surface area contributed by atoms with E-state index in [4.69, 9.17) is 5.73 Å². The SMILES string of the molecule is Cc1cccc(Nc2cnc(-c3cc(C)[nH]n3)c(N)n2)c1. The third-order valence-corrected chi connectivity index (χ3v) is 3.04. The highest BCUT2D eigenvalue weighted by Gasteiger charge is 2.10. The molecule has 0 amide bonds. The van der Waals surface area contributed by atoms with Gasteiger partial charge in [-0.2, -0.15) is 5.10 Å². The Morgan fingerprint density at radius 2 is 2.05 bits per heavy atom. The smallest absolute Gasteiger partial charge is 0.154 e. The van der Waals surface area contributed by atoms with Crippen LogP contribution in [0.4, 0.5) is 17.3 Å². The highest BCUT2D eigenvalue weighted by atomic mass is 15.1. The number of anilines is 3. The fourth-order valence-electron chi connectivity index (χ4n) is 2.07. The van der Waals surface area contributed by atoms with Gasteiger partial charge in [0.15, 0.2) is 11.6 Å². The van der Waals surface area contributed by atoms with Gasteiger partial charge >= 0.3 is 0 Å². The summed E-state index contributed by atoms with van der Waals surface area (Å²) < 4.78 is 0.